The van der Waals surface area contributed by atoms with Crippen LogP contribution in [0.15, 0.2) is 78.9 Å². The van der Waals surface area contributed by atoms with Crippen LogP contribution in [-0.4, -0.2) is 17.4 Å². The van der Waals surface area contributed by atoms with E-state index in [1.807, 2.05) is 71.6 Å². The van der Waals surface area contributed by atoms with Gasteiger partial charge in [-0.1, -0.05) is 91.1 Å². The molecule has 156 valence electrons. The normalized spacial score (nSPS) is 10.9. The van der Waals surface area contributed by atoms with Crippen molar-refractivity contribution in [2.75, 3.05) is 6.54 Å². The number of nitrogens with zero attached hydrogens (tertiary/aromatic N) is 1. The Balaban J connectivity index is 1.85. The van der Waals surface area contributed by atoms with Gasteiger partial charge in [0.15, 0.2) is 0 Å². The summed E-state index contributed by atoms with van der Waals surface area (Å²) in [5.74, 6) is 0.106. The molecular formula is C26H27Cl2NO. The first-order valence-corrected chi connectivity index (χ1v) is 11.1. The molecule has 0 heterocycles. The Kier molecular flexibility index (Phi) is 8.36. The lowest BCUT2D eigenvalue weighted by Crippen LogP contribution is -2.32. The van der Waals surface area contributed by atoms with Gasteiger partial charge in [0.2, 0.25) is 5.91 Å². The molecule has 0 aliphatic heterocycles. The fourth-order valence-electron chi connectivity index (χ4n) is 3.57. The smallest absolute Gasteiger partial charge is 0.223 e. The van der Waals surface area contributed by atoms with Gasteiger partial charge in [-0.15, -0.1) is 0 Å². The molecule has 0 bridgehead atoms. The van der Waals surface area contributed by atoms with Gasteiger partial charge in [0.05, 0.1) is 0 Å². The van der Waals surface area contributed by atoms with Crippen LogP contribution in [0.3, 0.4) is 0 Å². The van der Waals surface area contributed by atoms with Crippen molar-refractivity contribution in [3.05, 3.63) is 106 Å². The molecule has 0 aliphatic carbocycles. The molecular weight excluding hydrogens is 413 g/mol. The van der Waals surface area contributed by atoms with Gasteiger partial charge in [0.25, 0.3) is 0 Å². The van der Waals surface area contributed by atoms with Crippen LogP contribution in [0.25, 0.3) is 0 Å². The van der Waals surface area contributed by atoms with Crippen LogP contribution in [-0.2, 0) is 11.3 Å². The third-order valence-electron chi connectivity index (χ3n) is 5.27. The number of hydrogen-bond donors (Lipinski definition) is 0. The summed E-state index contributed by atoms with van der Waals surface area (Å²) >= 11 is 12.2. The molecule has 3 aromatic carbocycles. The van der Waals surface area contributed by atoms with E-state index in [0.717, 1.165) is 36.1 Å². The molecule has 0 aliphatic rings. The Bertz CT molecular complexity index is 878. The zero-order valence-electron chi connectivity index (χ0n) is 17.2. The third kappa shape index (κ3) is 6.35. The van der Waals surface area contributed by atoms with Gasteiger partial charge >= 0.3 is 0 Å². The van der Waals surface area contributed by atoms with E-state index >= 15 is 0 Å². The number of halogens is 2. The monoisotopic (exact) mass is 439 g/mol. The first-order valence-electron chi connectivity index (χ1n) is 10.4. The molecule has 0 saturated carbocycles. The molecule has 2 nitrogen and oxygen atoms in total. The maximum Gasteiger partial charge on any atom is 0.223 e. The van der Waals surface area contributed by atoms with Gasteiger partial charge in [-0.25, -0.2) is 0 Å². The molecule has 0 spiro atoms. The van der Waals surface area contributed by atoms with Crippen molar-refractivity contribution in [1.82, 2.24) is 4.90 Å². The number of amides is 1. The quantitative estimate of drug-likeness (QED) is 0.341. The number of hydrogen-bond acceptors (Lipinski definition) is 1. The van der Waals surface area contributed by atoms with E-state index < -0.39 is 0 Å². The van der Waals surface area contributed by atoms with Crippen molar-refractivity contribution in [2.24, 2.45) is 0 Å². The number of unbranched alkanes of at least 4 members (excludes halogenated alkanes) is 1. The first-order chi connectivity index (χ1) is 14.6. The van der Waals surface area contributed by atoms with Crippen LogP contribution in [0, 0.1) is 0 Å². The number of benzene rings is 3. The first kappa shape index (κ1) is 22.4. The van der Waals surface area contributed by atoms with Crippen molar-refractivity contribution in [3.63, 3.8) is 0 Å². The highest BCUT2D eigenvalue weighted by atomic mass is 35.5. The second-order valence-electron chi connectivity index (χ2n) is 7.51. The zero-order valence-corrected chi connectivity index (χ0v) is 18.7. The third-order valence-corrected chi connectivity index (χ3v) is 5.78. The Morgan fingerprint density at radius 1 is 0.833 bits per heavy atom. The van der Waals surface area contributed by atoms with E-state index in [9.17, 15) is 4.79 Å². The van der Waals surface area contributed by atoms with E-state index in [1.54, 1.807) is 0 Å². The summed E-state index contributed by atoms with van der Waals surface area (Å²) in [6.45, 7) is 3.54. The Morgan fingerprint density at radius 3 is 1.87 bits per heavy atom. The van der Waals surface area contributed by atoms with Crippen molar-refractivity contribution in [3.8, 4) is 0 Å². The van der Waals surface area contributed by atoms with Crippen LogP contribution in [0.5, 0.6) is 0 Å². The molecule has 0 aromatic heterocycles. The van der Waals surface area contributed by atoms with Gasteiger partial charge < -0.3 is 4.90 Å². The summed E-state index contributed by atoms with van der Waals surface area (Å²) < 4.78 is 0. The van der Waals surface area contributed by atoms with Crippen LogP contribution < -0.4 is 0 Å². The van der Waals surface area contributed by atoms with Crippen LogP contribution in [0.1, 0.15) is 48.8 Å². The van der Waals surface area contributed by atoms with Crippen molar-refractivity contribution in [2.45, 2.75) is 38.6 Å². The highest BCUT2D eigenvalue weighted by Gasteiger charge is 2.22. The Hall–Kier alpha value is -2.29. The predicted octanol–water partition coefficient (Wildman–Crippen LogP) is 7.34. The summed E-state index contributed by atoms with van der Waals surface area (Å²) in [6.07, 6.45) is 2.45. The van der Waals surface area contributed by atoms with Crippen LogP contribution >= 0.6 is 23.2 Å². The molecule has 3 rings (SSSR count). The SMILES string of the molecule is CCCCN(Cc1ccccc1)C(=O)CC(c1ccc(Cl)cc1)c1ccc(Cl)cc1. The predicted molar refractivity (Wildman–Crippen MR) is 126 cm³/mol. The molecule has 0 N–H and O–H groups in total. The van der Waals surface area contributed by atoms with E-state index in [0.29, 0.717) is 23.0 Å². The van der Waals surface area contributed by atoms with Crippen molar-refractivity contribution >= 4 is 29.1 Å². The molecule has 0 radical (unpaired) electrons. The summed E-state index contributed by atoms with van der Waals surface area (Å²) in [5.41, 5.74) is 3.30. The molecule has 3 aromatic rings. The fourth-order valence-corrected chi connectivity index (χ4v) is 3.82. The number of rotatable bonds is 9. The molecule has 1 amide bonds. The highest BCUT2D eigenvalue weighted by molar-refractivity contribution is 6.30. The van der Waals surface area contributed by atoms with Gasteiger partial charge in [-0.2, -0.15) is 0 Å². The molecule has 0 unspecified atom stereocenters. The maximum absolute atomic E-state index is 13.4. The largest absolute Gasteiger partial charge is 0.338 e. The van der Waals surface area contributed by atoms with E-state index in [2.05, 4.69) is 19.1 Å². The highest BCUT2D eigenvalue weighted by Crippen LogP contribution is 2.31. The average molecular weight is 440 g/mol. The molecule has 0 fully saturated rings. The molecule has 0 atom stereocenters. The zero-order chi connectivity index (χ0) is 21.3. The summed E-state index contributed by atoms with van der Waals surface area (Å²) in [5, 5.41) is 1.38. The molecule has 30 heavy (non-hydrogen) atoms. The minimum Gasteiger partial charge on any atom is -0.338 e. The fraction of sp³-hybridized carbons (Fsp3) is 0.269. The van der Waals surface area contributed by atoms with Gasteiger partial charge in [-0.05, 0) is 47.4 Å². The van der Waals surface area contributed by atoms with E-state index in [-0.39, 0.29) is 11.8 Å². The van der Waals surface area contributed by atoms with Crippen LogP contribution in [0.2, 0.25) is 10.0 Å². The number of carbonyl (C=O) groups excluding carboxylic acids is 1. The minimum absolute atomic E-state index is 0.0491. The van der Waals surface area contributed by atoms with Gasteiger partial charge in [-0.3, -0.25) is 4.79 Å². The van der Waals surface area contributed by atoms with E-state index in [4.69, 9.17) is 23.2 Å². The van der Waals surface area contributed by atoms with Gasteiger partial charge in [0.1, 0.15) is 0 Å². The standard InChI is InChI=1S/C26H27Cl2NO/c1-2-3-17-29(19-20-7-5-4-6-8-20)26(30)18-25(21-9-13-23(27)14-10-21)22-11-15-24(28)16-12-22/h4-16,25H,2-3,17-19H2,1H3. The lowest BCUT2D eigenvalue weighted by atomic mass is 9.88. The number of carbonyl (C=O) groups is 1. The lowest BCUT2D eigenvalue weighted by molar-refractivity contribution is -0.132. The van der Waals surface area contributed by atoms with E-state index in [1.165, 1.54) is 0 Å². The second kappa shape index (κ2) is 11.2. The molecule has 0 saturated heterocycles. The summed E-state index contributed by atoms with van der Waals surface area (Å²) in [7, 11) is 0. The summed E-state index contributed by atoms with van der Waals surface area (Å²) in [6, 6.07) is 25.7. The summed E-state index contributed by atoms with van der Waals surface area (Å²) in [4.78, 5) is 15.4. The minimum atomic E-state index is -0.0491. The second-order valence-corrected chi connectivity index (χ2v) is 8.39. The lowest BCUT2D eigenvalue weighted by Gasteiger charge is -2.26. The van der Waals surface area contributed by atoms with Crippen molar-refractivity contribution in [1.29, 1.82) is 0 Å². The Morgan fingerprint density at radius 2 is 1.37 bits per heavy atom. The maximum atomic E-state index is 13.4. The van der Waals surface area contributed by atoms with Crippen LogP contribution in [0.4, 0.5) is 0 Å². The average Bonchev–Trinajstić information content (AvgIpc) is 2.77. The molecule has 4 heteroatoms. The Labute approximate surface area is 189 Å². The van der Waals surface area contributed by atoms with Crippen molar-refractivity contribution < 1.29 is 4.79 Å². The van der Waals surface area contributed by atoms with Gasteiger partial charge in [0, 0.05) is 35.5 Å². The topological polar surface area (TPSA) is 20.3 Å².